The maximum atomic E-state index is 9.67. The van der Waals surface area contributed by atoms with Crippen LogP contribution in [-0.4, -0.2) is 24.3 Å². The molecular formula is C11H15Cl2NO. The largest absolute Gasteiger partial charge is 0.391 e. The Kier molecular flexibility index (Phi) is 5.40. The normalized spacial score (nSPS) is 12.8. The predicted octanol–water partition coefficient (Wildman–Crippen LogP) is 2.51. The topological polar surface area (TPSA) is 32.3 Å². The van der Waals surface area contributed by atoms with Gasteiger partial charge in [-0.25, -0.2) is 0 Å². The lowest BCUT2D eigenvalue weighted by Crippen LogP contribution is -2.28. The molecule has 15 heavy (non-hydrogen) atoms. The van der Waals surface area contributed by atoms with Gasteiger partial charge in [0.25, 0.3) is 0 Å². The second kappa shape index (κ2) is 6.33. The molecule has 0 aliphatic rings. The van der Waals surface area contributed by atoms with Crippen molar-refractivity contribution in [1.82, 2.24) is 5.32 Å². The maximum absolute atomic E-state index is 9.67. The highest BCUT2D eigenvalue weighted by molar-refractivity contribution is 6.35. The van der Waals surface area contributed by atoms with Gasteiger partial charge in [-0.2, -0.15) is 0 Å². The van der Waals surface area contributed by atoms with E-state index in [9.17, 15) is 5.11 Å². The minimum Gasteiger partial charge on any atom is -0.391 e. The molecule has 1 unspecified atom stereocenters. The Morgan fingerprint density at radius 2 is 2.13 bits per heavy atom. The Morgan fingerprint density at radius 1 is 1.40 bits per heavy atom. The minimum atomic E-state index is -0.413. The maximum Gasteiger partial charge on any atom is 0.0705 e. The van der Waals surface area contributed by atoms with E-state index in [1.54, 1.807) is 12.1 Å². The van der Waals surface area contributed by atoms with Gasteiger partial charge in [0.1, 0.15) is 0 Å². The molecule has 0 bridgehead atoms. The number of hydrogen-bond donors (Lipinski definition) is 2. The lowest BCUT2D eigenvalue weighted by molar-refractivity contribution is 0.173. The fourth-order valence-electron chi connectivity index (χ4n) is 1.32. The van der Waals surface area contributed by atoms with E-state index in [1.807, 2.05) is 13.0 Å². The third-order valence-electron chi connectivity index (χ3n) is 2.10. The fourth-order valence-corrected chi connectivity index (χ4v) is 1.81. The summed E-state index contributed by atoms with van der Waals surface area (Å²) in [5, 5.41) is 14.0. The highest BCUT2D eigenvalue weighted by Crippen LogP contribution is 2.21. The standard InChI is InChI=1S/C11H15Cl2NO/c1-2-14-7-10(15)5-8-3-4-9(12)6-11(8)13/h3-4,6,10,14-15H,2,5,7H2,1H3. The number of halogens is 2. The summed E-state index contributed by atoms with van der Waals surface area (Å²) in [6, 6.07) is 5.32. The van der Waals surface area contributed by atoms with E-state index >= 15 is 0 Å². The molecule has 4 heteroatoms. The number of rotatable bonds is 5. The Morgan fingerprint density at radius 3 is 2.73 bits per heavy atom. The summed E-state index contributed by atoms with van der Waals surface area (Å²) < 4.78 is 0. The van der Waals surface area contributed by atoms with Crippen molar-refractivity contribution in [3.63, 3.8) is 0 Å². The van der Waals surface area contributed by atoms with Crippen LogP contribution in [0, 0.1) is 0 Å². The van der Waals surface area contributed by atoms with Crippen LogP contribution in [0.1, 0.15) is 12.5 Å². The predicted molar refractivity (Wildman–Crippen MR) is 64.7 cm³/mol. The average molecular weight is 248 g/mol. The zero-order valence-corrected chi connectivity index (χ0v) is 10.1. The number of benzene rings is 1. The fraction of sp³-hybridized carbons (Fsp3) is 0.455. The van der Waals surface area contributed by atoms with Crippen LogP contribution in [0.4, 0.5) is 0 Å². The van der Waals surface area contributed by atoms with Crippen LogP contribution in [-0.2, 0) is 6.42 Å². The molecule has 1 rings (SSSR count). The van der Waals surface area contributed by atoms with E-state index in [4.69, 9.17) is 23.2 Å². The van der Waals surface area contributed by atoms with Gasteiger partial charge in [0.05, 0.1) is 6.10 Å². The first kappa shape index (κ1) is 12.8. The molecule has 2 nitrogen and oxygen atoms in total. The van der Waals surface area contributed by atoms with Crippen LogP contribution in [0.25, 0.3) is 0 Å². The zero-order chi connectivity index (χ0) is 11.3. The molecule has 2 N–H and O–H groups in total. The molecule has 84 valence electrons. The van der Waals surface area contributed by atoms with E-state index in [2.05, 4.69) is 5.32 Å². The van der Waals surface area contributed by atoms with Gasteiger partial charge in [0, 0.05) is 23.0 Å². The number of nitrogens with one attached hydrogen (secondary N) is 1. The van der Waals surface area contributed by atoms with E-state index in [1.165, 1.54) is 0 Å². The van der Waals surface area contributed by atoms with Crippen molar-refractivity contribution in [2.24, 2.45) is 0 Å². The summed E-state index contributed by atoms with van der Waals surface area (Å²) >= 11 is 11.8. The molecular weight excluding hydrogens is 233 g/mol. The number of likely N-dealkylation sites (N-methyl/N-ethyl adjacent to an activating group) is 1. The van der Waals surface area contributed by atoms with Crippen LogP contribution in [0.15, 0.2) is 18.2 Å². The van der Waals surface area contributed by atoms with Crippen molar-refractivity contribution in [3.05, 3.63) is 33.8 Å². The van der Waals surface area contributed by atoms with Gasteiger partial charge in [0.15, 0.2) is 0 Å². The number of hydrogen-bond acceptors (Lipinski definition) is 2. The van der Waals surface area contributed by atoms with Crippen molar-refractivity contribution in [3.8, 4) is 0 Å². The Labute approximate surface area is 100 Å². The molecule has 0 aliphatic carbocycles. The highest BCUT2D eigenvalue weighted by Gasteiger charge is 2.08. The Bertz CT molecular complexity index is 317. The summed E-state index contributed by atoms with van der Waals surface area (Å²) in [4.78, 5) is 0. The molecule has 0 aromatic heterocycles. The van der Waals surface area contributed by atoms with Gasteiger partial charge in [-0.3, -0.25) is 0 Å². The summed E-state index contributed by atoms with van der Waals surface area (Å²) in [6.45, 7) is 3.43. The van der Waals surface area contributed by atoms with Gasteiger partial charge in [-0.1, -0.05) is 36.2 Å². The van der Waals surface area contributed by atoms with Crippen LogP contribution in [0.3, 0.4) is 0 Å². The minimum absolute atomic E-state index is 0.413. The first-order valence-electron chi connectivity index (χ1n) is 4.96. The molecule has 0 aliphatic heterocycles. The van der Waals surface area contributed by atoms with Crippen molar-refractivity contribution in [2.75, 3.05) is 13.1 Å². The Balaban J connectivity index is 2.56. The quantitative estimate of drug-likeness (QED) is 0.839. The van der Waals surface area contributed by atoms with Gasteiger partial charge < -0.3 is 10.4 Å². The lowest BCUT2D eigenvalue weighted by Gasteiger charge is -2.12. The third kappa shape index (κ3) is 4.39. The first-order valence-corrected chi connectivity index (χ1v) is 5.71. The van der Waals surface area contributed by atoms with Crippen molar-refractivity contribution < 1.29 is 5.11 Å². The molecule has 1 atom stereocenters. The van der Waals surface area contributed by atoms with Gasteiger partial charge in [-0.05, 0) is 24.2 Å². The first-order chi connectivity index (χ1) is 7.13. The van der Waals surface area contributed by atoms with Crippen LogP contribution >= 0.6 is 23.2 Å². The molecule has 0 amide bonds. The molecule has 0 fully saturated rings. The molecule has 1 aromatic rings. The second-order valence-corrected chi connectivity index (χ2v) is 4.24. The van der Waals surface area contributed by atoms with E-state index in [0.29, 0.717) is 23.0 Å². The van der Waals surface area contributed by atoms with Gasteiger partial charge in [-0.15, -0.1) is 0 Å². The molecule has 0 heterocycles. The van der Waals surface area contributed by atoms with Gasteiger partial charge >= 0.3 is 0 Å². The monoisotopic (exact) mass is 247 g/mol. The SMILES string of the molecule is CCNCC(O)Cc1ccc(Cl)cc1Cl. The second-order valence-electron chi connectivity index (χ2n) is 3.40. The number of aliphatic hydroxyl groups is 1. The van der Waals surface area contributed by atoms with Crippen LogP contribution in [0.5, 0.6) is 0 Å². The highest BCUT2D eigenvalue weighted by atomic mass is 35.5. The van der Waals surface area contributed by atoms with Gasteiger partial charge in [0.2, 0.25) is 0 Å². The molecule has 0 saturated heterocycles. The van der Waals surface area contributed by atoms with E-state index in [-0.39, 0.29) is 0 Å². The molecule has 0 saturated carbocycles. The lowest BCUT2D eigenvalue weighted by atomic mass is 10.1. The van der Waals surface area contributed by atoms with Crippen molar-refractivity contribution in [2.45, 2.75) is 19.4 Å². The van der Waals surface area contributed by atoms with Crippen molar-refractivity contribution >= 4 is 23.2 Å². The summed E-state index contributed by atoms with van der Waals surface area (Å²) in [5.74, 6) is 0. The van der Waals surface area contributed by atoms with E-state index in [0.717, 1.165) is 12.1 Å². The summed E-state index contributed by atoms with van der Waals surface area (Å²) in [7, 11) is 0. The van der Waals surface area contributed by atoms with Crippen LogP contribution in [0.2, 0.25) is 10.0 Å². The van der Waals surface area contributed by atoms with Crippen LogP contribution < -0.4 is 5.32 Å². The molecule has 0 spiro atoms. The zero-order valence-electron chi connectivity index (χ0n) is 8.63. The van der Waals surface area contributed by atoms with Crippen molar-refractivity contribution in [1.29, 1.82) is 0 Å². The smallest absolute Gasteiger partial charge is 0.0705 e. The third-order valence-corrected chi connectivity index (χ3v) is 2.69. The molecule has 1 aromatic carbocycles. The summed E-state index contributed by atoms with van der Waals surface area (Å²) in [6.07, 6.45) is 0.131. The Hall–Kier alpha value is -0.280. The number of aliphatic hydroxyl groups excluding tert-OH is 1. The average Bonchev–Trinajstić information content (AvgIpc) is 2.19. The molecule has 0 radical (unpaired) electrons. The summed E-state index contributed by atoms with van der Waals surface area (Å²) in [5.41, 5.74) is 0.923. The van der Waals surface area contributed by atoms with E-state index < -0.39 is 6.10 Å².